The number of hydrogen-bond donors (Lipinski definition) is 2. The quantitative estimate of drug-likeness (QED) is 0.0655. The molecule has 15 heteroatoms. The van der Waals surface area contributed by atoms with Gasteiger partial charge in [-0.3, -0.25) is 0 Å². The van der Waals surface area contributed by atoms with Gasteiger partial charge in [0.25, 0.3) is 0 Å². The number of benzene rings is 2. The molecule has 0 fully saturated rings. The summed E-state index contributed by atoms with van der Waals surface area (Å²) in [7, 11) is -2.37. The van der Waals surface area contributed by atoms with Gasteiger partial charge in [0.2, 0.25) is 0 Å². The van der Waals surface area contributed by atoms with E-state index in [1.807, 2.05) is 22.7 Å². The molecule has 0 saturated heterocycles. The molecule has 342 valence electrons. The number of aromatic nitrogens is 4. The maximum absolute atomic E-state index is 7.16. The predicted octanol–water partition coefficient (Wildman–Crippen LogP) is 17.2. The van der Waals surface area contributed by atoms with Crippen molar-refractivity contribution >= 4 is 143 Å². The summed E-state index contributed by atoms with van der Waals surface area (Å²) in [5.41, 5.74) is 23.7. The van der Waals surface area contributed by atoms with E-state index in [0.29, 0.717) is 11.8 Å². The number of nitrogens with two attached hydrogens (primary N) is 2. The molecule has 0 spiro atoms. The molecule has 6 nitrogen and oxygen atoms in total. The highest BCUT2D eigenvalue weighted by Crippen LogP contribution is 2.52. The average molecular weight is 1050 g/mol. The molecular formula is C52H52N6S8Si. The molecule has 0 radical (unpaired) electrons. The number of anilines is 2. The fourth-order valence-corrected chi connectivity index (χ4v) is 25.9. The second-order valence-corrected chi connectivity index (χ2v) is 29.3. The lowest BCUT2D eigenvalue weighted by Crippen LogP contribution is -2.56. The molecule has 2 aromatic carbocycles. The molecule has 0 aliphatic carbocycles. The molecular weight excluding hydrogens is 993 g/mol. The van der Waals surface area contributed by atoms with Crippen LogP contribution < -0.4 is 21.8 Å². The summed E-state index contributed by atoms with van der Waals surface area (Å²) >= 11 is 13.6. The lowest BCUT2D eigenvalue weighted by Gasteiger charge is -2.35. The monoisotopic (exact) mass is 1040 g/mol. The highest BCUT2D eigenvalue weighted by Gasteiger charge is 2.50. The lowest BCUT2D eigenvalue weighted by molar-refractivity contribution is 0.469. The summed E-state index contributed by atoms with van der Waals surface area (Å²) in [5.74, 6) is 1.34. The lowest BCUT2D eigenvalue weighted by atomic mass is 10.0. The van der Waals surface area contributed by atoms with E-state index >= 15 is 0 Å². The van der Waals surface area contributed by atoms with Crippen molar-refractivity contribution in [2.45, 2.75) is 91.1 Å². The van der Waals surface area contributed by atoms with Crippen LogP contribution in [0.25, 0.3) is 93.1 Å². The third-order valence-corrected chi connectivity index (χ3v) is 27.6. The van der Waals surface area contributed by atoms with Crippen molar-refractivity contribution in [3.8, 4) is 71.0 Å². The summed E-state index contributed by atoms with van der Waals surface area (Å²) in [5, 5.41) is 7.54. The molecule has 11 rings (SSSR count). The van der Waals surface area contributed by atoms with Crippen LogP contribution in [-0.2, 0) is 0 Å². The first-order chi connectivity index (χ1) is 32.8. The topological polar surface area (TPSA) is 104 Å². The zero-order valence-electron chi connectivity index (χ0n) is 38.0. The normalized spacial score (nSPS) is 14.1. The van der Waals surface area contributed by atoms with Crippen LogP contribution in [0, 0.1) is 11.8 Å². The van der Waals surface area contributed by atoms with Crippen LogP contribution in [0.2, 0.25) is 12.1 Å². The van der Waals surface area contributed by atoms with Gasteiger partial charge in [-0.2, -0.15) is 17.5 Å². The molecule has 0 amide bonds. The number of unbranched alkanes of at least 4 members (excludes halogenated alkanes) is 2. The van der Waals surface area contributed by atoms with E-state index < -0.39 is 8.07 Å². The van der Waals surface area contributed by atoms with Gasteiger partial charge in [-0.05, 0) is 106 Å². The van der Waals surface area contributed by atoms with E-state index in [0.717, 1.165) is 65.4 Å². The van der Waals surface area contributed by atoms with Crippen LogP contribution in [0.3, 0.4) is 0 Å². The Labute approximate surface area is 426 Å². The highest BCUT2D eigenvalue weighted by atomic mass is 32.1. The van der Waals surface area contributed by atoms with Gasteiger partial charge in [0.05, 0.1) is 23.5 Å². The molecule has 0 saturated carbocycles. The van der Waals surface area contributed by atoms with Gasteiger partial charge in [0.15, 0.2) is 0 Å². The van der Waals surface area contributed by atoms with Crippen molar-refractivity contribution < 1.29 is 0 Å². The Morgan fingerprint density at radius 1 is 0.493 bits per heavy atom. The van der Waals surface area contributed by atoms with Crippen LogP contribution in [0.5, 0.6) is 0 Å². The van der Waals surface area contributed by atoms with Crippen LogP contribution in [0.4, 0.5) is 11.4 Å². The Kier molecular flexibility index (Phi) is 13.0. The molecule has 9 heterocycles. The molecule has 8 aromatic heterocycles. The van der Waals surface area contributed by atoms with E-state index in [-0.39, 0.29) is 0 Å². The molecule has 67 heavy (non-hydrogen) atoms. The van der Waals surface area contributed by atoms with Crippen LogP contribution >= 0.6 is 91.5 Å². The van der Waals surface area contributed by atoms with Crippen molar-refractivity contribution in [1.82, 2.24) is 17.5 Å². The smallest absolute Gasteiger partial charge is 0.122 e. The predicted molar refractivity (Wildman–Crippen MR) is 304 cm³/mol. The maximum atomic E-state index is 7.16. The molecule has 0 bridgehead atoms. The largest absolute Gasteiger partial charge is 0.398 e. The van der Waals surface area contributed by atoms with Crippen molar-refractivity contribution in [3.05, 3.63) is 83.6 Å². The van der Waals surface area contributed by atoms with Crippen molar-refractivity contribution in [2.24, 2.45) is 11.8 Å². The van der Waals surface area contributed by atoms with Crippen molar-refractivity contribution in [3.63, 3.8) is 0 Å². The Morgan fingerprint density at radius 3 is 1.33 bits per heavy atom. The second-order valence-electron chi connectivity index (χ2n) is 18.0. The number of hydrogen-bond acceptors (Lipinski definition) is 14. The van der Waals surface area contributed by atoms with Gasteiger partial charge >= 0.3 is 0 Å². The third kappa shape index (κ3) is 8.13. The molecule has 1 aliphatic rings. The van der Waals surface area contributed by atoms with Crippen molar-refractivity contribution in [1.29, 1.82) is 0 Å². The van der Waals surface area contributed by atoms with Gasteiger partial charge in [-0.1, -0.05) is 91.2 Å². The SMILES string of the molecule is CCCCC(CC)C[Si]1(CC(CC)CCCC)c2cc(-c3cc(N)c(-c4ccc(-c5cccs5)s4)c4nsnc34)sc2-c2sc(-c3cc(N)c(-c4ccc(-c5cccs5)s4)c4nsnc34)cc21. The van der Waals surface area contributed by atoms with Crippen molar-refractivity contribution in [2.75, 3.05) is 11.5 Å². The minimum absolute atomic E-state index is 0.671. The van der Waals surface area contributed by atoms with E-state index in [1.54, 1.807) is 55.7 Å². The number of rotatable bonds is 18. The number of nitrogen functional groups attached to an aromatic ring is 2. The van der Waals surface area contributed by atoms with E-state index in [2.05, 4.69) is 111 Å². The van der Waals surface area contributed by atoms with Gasteiger partial charge < -0.3 is 11.5 Å². The van der Waals surface area contributed by atoms with Crippen LogP contribution in [0.1, 0.15) is 79.1 Å². The van der Waals surface area contributed by atoms with Gasteiger partial charge in [0.1, 0.15) is 30.1 Å². The number of nitrogens with zero attached hydrogens (tertiary/aromatic N) is 4. The van der Waals surface area contributed by atoms with E-state index in [4.69, 9.17) is 29.0 Å². The Hall–Kier alpha value is -3.90. The zero-order chi connectivity index (χ0) is 45.8. The number of fused-ring (bicyclic) bond motifs is 5. The molecule has 10 aromatic rings. The number of thiophene rings is 6. The summed E-state index contributed by atoms with van der Waals surface area (Å²) in [4.78, 5) is 12.7. The first kappa shape index (κ1) is 45.5. The Morgan fingerprint density at radius 2 is 0.925 bits per heavy atom. The first-order valence-electron chi connectivity index (χ1n) is 23.5. The van der Waals surface area contributed by atoms with Crippen LogP contribution in [-0.4, -0.2) is 25.6 Å². The summed E-state index contributed by atoms with van der Waals surface area (Å²) in [6.07, 6.45) is 9.99. The Balaban J connectivity index is 1.07. The van der Waals surface area contributed by atoms with E-state index in [1.165, 1.54) is 126 Å². The minimum Gasteiger partial charge on any atom is -0.398 e. The van der Waals surface area contributed by atoms with Gasteiger partial charge in [0, 0.05) is 82.4 Å². The van der Waals surface area contributed by atoms with Gasteiger partial charge in [-0.15, -0.1) is 68.0 Å². The second kappa shape index (κ2) is 19.1. The zero-order valence-corrected chi connectivity index (χ0v) is 45.6. The minimum atomic E-state index is -2.37. The first-order valence-corrected chi connectivity index (χ1v) is 32.4. The fraction of sp³-hybridized carbons (Fsp3) is 0.308. The summed E-state index contributed by atoms with van der Waals surface area (Å²) < 4.78 is 20.0. The van der Waals surface area contributed by atoms with Crippen LogP contribution in [0.15, 0.2) is 83.6 Å². The molecule has 2 atom stereocenters. The highest BCUT2D eigenvalue weighted by molar-refractivity contribution is 7.32. The summed E-state index contributed by atoms with van der Waals surface area (Å²) in [6, 6.07) is 29.6. The Bertz CT molecular complexity index is 3110. The average Bonchev–Trinajstić information content (AvgIpc) is 4.19. The molecule has 1 aliphatic heterocycles. The standard InChI is InChI=1S/C52H52N6S8Si/c1-5-9-13-29(7-3)27-67(28-30(8-4)14-10-6-2)43-25-41(31-23-33(53)45(49-47(31)55-65-57-49)39-19-17-37(61-39)35-15-11-21-59-35)63-51(43)52-44(67)26-42(64-52)32-24-34(54)46(50-48(32)56-66-58-50)40-20-18-38(62-40)36-16-12-22-60-36/h11-12,15-26,29-30H,5-10,13-14,27-28,53-54H2,1-4H3. The molecule has 2 unspecified atom stereocenters. The molecule has 4 N–H and O–H groups in total. The van der Waals surface area contributed by atoms with Gasteiger partial charge in [-0.25, -0.2) is 0 Å². The maximum Gasteiger partial charge on any atom is 0.122 e. The fourth-order valence-electron chi connectivity index (χ4n) is 10.5. The van der Waals surface area contributed by atoms with E-state index in [9.17, 15) is 0 Å². The summed E-state index contributed by atoms with van der Waals surface area (Å²) in [6.45, 7) is 9.56. The third-order valence-electron chi connectivity index (χ3n) is 14.0.